The van der Waals surface area contributed by atoms with Crippen LogP contribution in [0.5, 0.6) is 0 Å². The second kappa shape index (κ2) is 6.99. The Hall–Kier alpha value is -1.75. The van der Waals surface area contributed by atoms with Crippen molar-refractivity contribution in [2.45, 2.75) is 32.7 Å². The van der Waals surface area contributed by atoms with Gasteiger partial charge in [-0.25, -0.2) is 4.98 Å². The lowest BCUT2D eigenvalue weighted by Gasteiger charge is -2.01. The van der Waals surface area contributed by atoms with Crippen molar-refractivity contribution < 1.29 is 4.79 Å². The summed E-state index contributed by atoms with van der Waals surface area (Å²) in [5.74, 6) is 0.0972. The Bertz CT molecular complexity index is 524. The van der Waals surface area contributed by atoms with E-state index in [0.717, 1.165) is 29.1 Å². The van der Waals surface area contributed by atoms with Gasteiger partial charge in [0, 0.05) is 29.8 Å². The fourth-order valence-corrected chi connectivity index (χ4v) is 2.38. The summed E-state index contributed by atoms with van der Waals surface area (Å²) in [5, 5.41) is 5.80. The Morgan fingerprint density at radius 3 is 3.11 bits per heavy atom. The number of rotatable bonds is 6. The molecule has 5 heteroatoms. The molecule has 0 atom stereocenters. The van der Waals surface area contributed by atoms with Gasteiger partial charge in [0.1, 0.15) is 5.01 Å². The maximum atomic E-state index is 11.5. The average Bonchev–Trinajstić information content (AvgIpc) is 2.93. The lowest BCUT2D eigenvalue weighted by molar-refractivity contribution is -0.121. The third-order valence-corrected chi connectivity index (χ3v) is 3.55. The molecule has 1 amide bonds. The Morgan fingerprint density at radius 1 is 1.47 bits per heavy atom. The molecule has 0 spiro atoms. The molecule has 2 aromatic rings. The van der Waals surface area contributed by atoms with Gasteiger partial charge in [-0.1, -0.05) is 13.3 Å². The second-order valence-corrected chi connectivity index (χ2v) is 5.19. The number of pyridine rings is 1. The fraction of sp³-hybridized carbons (Fsp3) is 0.357. The van der Waals surface area contributed by atoms with E-state index >= 15 is 0 Å². The van der Waals surface area contributed by atoms with Crippen molar-refractivity contribution in [3.05, 3.63) is 34.9 Å². The summed E-state index contributed by atoms with van der Waals surface area (Å²) in [7, 11) is 0. The van der Waals surface area contributed by atoms with Crippen LogP contribution in [0.1, 0.15) is 31.2 Å². The number of nitrogens with one attached hydrogen (secondary N) is 1. The van der Waals surface area contributed by atoms with Crippen LogP contribution in [0, 0.1) is 0 Å². The Labute approximate surface area is 116 Å². The standard InChI is InChI=1S/C14H17N3OS/c1-2-3-6-13(18)16-9-14-17-12(10-19-14)11-5-4-7-15-8-11/h4-5,7-8,10H,2-3,6,9H2,1H3,(H,16,18). The monoisotopic (exact) mass is 275 g/mol. The van der Waals surface area contributed by atoms with Crippen molar-refractivity contribution in [2.24, 2.45) is 0 Å². The highest BCUT2D eigenvalue weighted by molar-refractivity contribution is 7.09. The first-order valence-corrected chi connectivity index (χ1v) is 7.29. The van der Waals surface area contributed by atoms with Crippen molar-refractivity contribution in [2.75, 3.05) is 0 Å². The number of unbranched alkanes of at least 4 members (excludes halogenated alkanes) is 1. The molecule has 2 heterocycles. The SMILES string of the molecule is CCCCC(=O)NCc1nc(-c2cccnc2)cs1. The molecular weight excluding hydrogens is 258 g/mol. The number of nitrogens with zero attached hydrogens (tertiary/aromatic N) is 2. The number of carbonyl (C=O) groups is 1. The minimum Gasteiger partial charge on any atom is -0.350 e. The van der Waals surface area contributed by atoms with Crippen LogP contribution in [0.25, 0.3) is 11.3 Å². The van der Waals surface area contributed by atoms with E-state index in [1.807, 2.05) is 17.5 Å². The Balaban J connectivity index is 1.90. The second-order valence-electron chi connectivity index (χ2n) is 4.25. The first-order chi connectivity index (χ1) is 9.29. The minimum atomic E-state index is 0.0972. The highest BCUT2D eigenvalue weighted by Gasteiger charge is 2.06. The molecule has 0 unspecified atom stereocenters. The van der Waals surface area contributed by atoms with Gasteiger partial charge in [0.05, 0.1) is 12.2 Å². The lowest BCUT2D eigenvalue weighted by atomic mass is 10.2. The molecule has 0 saturated heterocycles. The zero-order chi connectivity index (χ0) is 13.5. The summed E-state index contributed by atoms with van der Waals surface area (Å²) in [6.45, 7) is 2.59. The maximum absolute atomic E-state index is 11.5. The van der Waals surface area contributed by atoms with Crippen LogP contribution in [0.2, 0.25) is 0 Å². The summed E-state index contributed by atoms with van der Waals surface area (Å²) in [6, 6.07) is 3.87. The fourth-order valence-electron chi connectivity index (χ4n) is 1.64. The molecule has 100 valence electrons. The van der Waals surface area contributed by atoms with Crippen molar-refractivity contribution in [3.63, 3.8) is 0 Å². The number of thiazole rings is 1. The third-order valence-electron chi connectivity index (χ3n) is 2.70. The first-order valence-electron chi connectivity index (χ1n) is 6.41. The van der Waals surface area contributed by atoms with E-state index in [9.17, 15) is 4.79 Å². The third kappa shape index (κ3) is 4.13. The minimum absolute atomic E-state index is 0.0972. The molecule has 0 aliphatic heterocycles. The van der Waals surface area contributed by atoms with Gasteiger partial charge in [0.15, 0.2) is 0 Å². The molecule has 2 rings (SSSR count). The van der Waals surface area contributed by atoms with Gasteiger partial charge in [0.25, 0.3) is 0 Å². The van der Waals surface area contributed by atoms with E-state index in [2.05, 4.69) is 22.2 Å². The summed E-state index contributed by atoms with van der Waals surface area (Å²) in [5.41, 5.74) is 1.92. The maximum Gasteiger partial charge on any atom is 0.220 e. The van der Waals surface area contributed by atoms with Crippen LogP contribution in [-0.4, -0.2) is 15.9 Å². The molecule has 0 aliphatic rings. The van der Waals surface area contributed by atoms with Gasteiger partial charge in [0.2, 0.25) is 5.91 Å². The molecular formula is C14H17N3OS. The van der Waals surface area contributed by atoms with E-state index in [0.29, 0.717) is 13.0 Å². The lowest BCUT2D eigenvalue weighted by Crippen LogP contribution is -2.22. The van der Waals surface area contributed by atoms with Crippen LogP contribution in [-0.2, 0) is 11.3 Å². The molecule has 0 aliphatic carbocycles. The van der Waals surface area contributed by atoms with Crippen LogP contribution >= 0.6 is 11.3 Å². The zero-order valence-electron chi connectivity index (χ0n) is 10.9. The van der Waals surface area contributed by atoms with Crippen molar-refractivity contribution >= 4 is 17.2 Å². The van der Waals surface area contributed by atoms with E-state index in [1.54, 1.807) is 23.7 Å². The van der Waals surface area contributed by atoms with Gasteiger partial charge in [-0.2, -0.15) is 0 Å². The van der Waals surface area contributed by atoms with Gasteiger partial charge >= 0.3 is 0 Å². The number of amides is 1. The molecule has 4 nitrogen and oxygen atoms in total. The molecule has 0 aromatic carbocycles. The zero-order valence-corrected chi connectivity index (χ0v) is 11.7. The van der Waals surface area contributed by atoms with Gasteiger partial charge < -0.3 is 5.32 Å². The van der Waals surface area contributed by atoms with Gasteiger partial charge in [-0.3, -0.25) is 9.78 Å². The molecule has 0 fully saturated rings. The Kier molecular flexibility index (Phi) is 5.03. The predicted octanol–water partition coefficient (Wildman–Crippen LogP) is 3.01. The van der Waals surface area contributed by atoms with Crippen LogP contribution in [0.3, 0.4) is 0 Å². The molecule has 0 saturated carbocycles. The highest BCUT2D eigenvalue weighted by Crippen LogP contribution is 2.20. The number of carbonyl (C=O) groups excluding carboxylic acids is 1. The largest absolute Gasteiger partial charge is 0.350 e. The number of aromatic nitrogens is 2. The highest BCUT2D eigenvalue weighted by atomic mass is 32.1. The van der Waals surface area contributed by atoms with Crippen LogP contribution in [0.4, 0.5) is 0 Å². The van der Waals surface area contributed by atoms with E-state index in [4.69, 9.17) is 0 Å². The summed E-state index contributed by atoms with van der Waals surface area (Å²) < 4.78 is 0. The summed E-state index contributed by atoms with van der Waals surface area (Å²) >= 11 is 1.56. The number of hydrogen-bond acceptors (Lipinski definition) is 4. The topological polar surface area (TPSA) is 54.9 Å². The molecule has 19 heavy (non-hydrogen) atoms. The van der Waals surface area contributed by atoms with Crippen LogP contribution < -0.4 is 5.32 Å². The molecule has 0 radical (unpaired) electrons. The normalized spacial score (nSPS) is 10.4. The summed E-state index contributed by atoms with van der Waals surface area (Å²) in [6.07, 6.45) is 6.10. The molecule has 1 N–H and O–H groups in total. The van der Waals surface area contributed by atoms with E-state index in [1.165, 1.54) is 0 Å². The molecule has 0 bridgehead atoms. The Morgan fingerprint density at radius 2 is 2.37 bits per heavy atom. The van der Waals surface area contributed by atoms with Crippen LogP contribution in [0.15, 0.2) is 29.9 Å². The summed E-state index contributed by atoms with van der Waals surface area (Å²) in [4.78, 5) is 20.1. The van der Waals surface area contributed by atoms with Gasteiger partial charge in [-0.15, -0.1) is 11.3 Å². The van der Waals surface area contributed by atoms with Crippen molar-refractivity contribution in [3.8, 4) is 11.3 Å². The van der Waals surface area contributed by atoms with Crippen molar-refractivity contribution in [1.29, 1.82) is 0 Å². The smallest absolute Gasteiger partial charge is 0.220 e. The van der Waals surface area contributed by atoms with Crippen molar-refractivity contribution in [1.82, 2.24) is 15.3 Å². The molecule has 2 aromatic heterocycles. The number of hydrogen-bond donors (Lipinski definition) is 1. The van der Waals surface area contributed by atoms with Gasteiger partial charge in [-0.05, 0) is 18.6 Å². The average molecular weight is 275 g/mol. The predicted molar refractivity (Wildman–Crippen MR) is 76.7 cm³/mol. The quantitative estimate of drug-likeness (QED) is 0.881. The first kappa shape index (κ1) is 13.7. The van der Waals surface area contributed by atoms with E-state index in [-0.39, 0.29) is 5.91 Å². The van der Waals surface area contributed by atoms with E-state index < -0.39 is 0 Å².